The molecule has 7 heteroatoms. The average molecular weight is 316 g/mol. The third-order valence-corrected chi connectivity index (χ3v) is 2.76. The topological polar surface area (TPSA) is 41.6 Å². The number of nitrogens with zero attached hydrogens (tertiary/aromatic N) is 3. The Kier molecular flexibility index (Phi) is 3.13. The van der Waals surface area contributed by atoms with Crippen LogP contribution in [-0.2, 0) is 6.18 Å². The molecule has 0 aliphatic rings. The van der Waals surface area contributed by atoms with E-state index >= 15 is 0 Å². The fourth-order valence-corrected chi connectivity index (χ4v) is 1.86. The van der Waals surface area contributed by atoms with Gasteiger partial charge in [-0.1, -0.05) is 0 Å². The molecule has 2 aromatic rings. The second-order valence-corrected chi connectivity index (χ2v) is 4.23. The Labute approximate surface area is 109 Å². The third kappa shape index (κ3) is 2.38. The minimum atomic E-state index is -4.49. The summed E-state index contributed by atoms with van der Waals surface area (Å²) in [6.45, 7) is 0. The molecule has 18 heavy (non-hydrogen) atoms. The molecule has 0 aliphatic heterocycles. The average Bonchev–Trinajstić information content (AvgIpc) is 2.71. The summed E-state index contributed by atoms with van der Waals surface area (Å²) in [6.07, 6.45) is -4.49. The number of hydrogen-bond donors (Lipinski definition) is 0. The van der Waals surface area contributed by atoms with Crippen LogP contribution in [-0.4, -0.2) is 9.78 Å². The Morgan fingerprint density at radius 3 is 2.28 bits per heavy atom. The summed E-state index contributed by atoms with van der Waals surface area (Å²) in [4.78, 5) is 0. The van der Waals surface area contributed by atoms with Crippen molar-refractivity contribution < 1.29 is 13.2 Å². The zero-order valence-corrected chi connectivity index (χ0v) is 10.3. The number of aromatic nitrogens is 2. The molecular weight excluding hydrogens is 311 g/mol. The highest BCUT2D eigenvalue weighted by Gasteiger charge is 2.34. The van der Waals surface area contributed by atoms with Crippen LogP contribution in [0.15, 0.2) is 34.9 Å². The van der Waals surface area contributed by atoms with Crippen LogP contribution in [0.1, 0.15) is 11.3 Å². The summed E-state index contributed by atoms with van der Waals surface area (Å²) >= 11 is 3.02. The van der Waals surface area contributed by atoms with Gasteiger partial charge < -0.3 is 0 Å². The minimum Gasteiger partial charge on any atom is -0.226 e. The molecule has 0 saturated carbocycles. The molecule has 0 N–H and O–H groups in total. The van der Waals surface area contributed by atoms with Gasteiger partial charge in [0.15, 0.2) is 5.69 Å². The molecule has 92 valence electrons. The van der Waals surface area contributed by atoms with E-state index < -0.39 is 11.9 Å². The van der Waals surface area contributed by atoms with Crippen molar-refractivity contribution in [2.75, 3.05) is 0 Å². The number of alkyl halides is 3. The van der Waals surface area contributed by atoms with Crippen LogP contribution in [0.5, 0.6) is 0 Å². The van der Waals surface area contributed by atoms with Gasteiger partial charge in [0.25, 0.3) is 0 Å². The van der Waals surface area contributed by atoms with Crippen molar-refractivity contribution in [3.63, 3.8) is 0 Å². The Morgan fingerprint density at radius 2 is 1.83 bits per heavy atom. The lowest BCUT2D eigenvalue weighted by Gasteiger charge is -2.03. The first-order valence-corrected chi connectivity index (χ1v) is 5.54. The lowest BCUT2D eigenvalue weighted by molar-refractivity contribution is -0.141. The van der Waals surface area contributed by atoms with E-state index in [0.717, 1.165) is 10.7 Å². The minimum absolute atomic E-state index is 0.194. The molecule has 1 heterocycles. The molecule has 0 unspecified atom stereocenters. The third-order valence-electron chi connectivity index (χ3n) is 2.20. The van der Waals surface area contributed by atoms with Gasteiger partial charge >= 0.3 is 6.18 Å². The number of halogens is 4. The molecule has 0 bridgehead atoms. The van der Waals surface area contributed by atoms with Gasteiger partial charge in [-0.15, -0.1) is 0 Å². The van der Waals surface area contributed by atoms with E-state index in [1.54, 1.807) is 0 Å². The molecule has 0 atom stereocenters. The molecule has 0 spiro atoms. The summed E-state index contributed by atoms with van der Waals surface area (Å²) in [5.74, 6) is 0. The number of rotatable bonds is 1. The second kappa shape index (κ2) is 4.46. The Morgan fingerprint density at radius 1 is 1.22 bits per heavy atom. The van der Waals surface area contributed by atoms with Crippen molar-refractivity contribution >= 4 is 15.9 Å². The lowest BCUT2D eigenvalue weighted by atomic mass is 10.2. The molecule has 0 aliphatic carbocycles. The van der Waals surface area contributed by atoms with Crippen LogP contribution in [0.4, 0.5) is 13.2 Å². The van der Waals surface area contributed by atoms with Crippen LogP contribution < -0.4 is 0 Å². The number of hydrogen-bond acceptors (Lipinski definition) is 2. The van der Waals surface area contributed by atoms with Crippen molar-refractivity contribution in [3.8, 4) is 11.8 Å². The van der Waals surface area contributed by atoms with E-state index in [4.69, 9.17) is 5.26 Å². The van der Waals surface area contributed by atoms with Crippen molar-refractivity contribution in [2.45, 2.75) is 6.18 Å². The molecule has 1 aromatic heterocycles. The molecule has 3 nitrogen and oxygen atoms in total. The predicted molar refractivity (Wildman–Crippen MR) is 61.0 cm³/mol. The first-order valence-electron chi connectivity index (χ1n) is 4.75. The van der Waals surface area contributed by atoms with E-state index in [9.17, 15) is 13.2 Å². The van der Waals surface area contributed by atoms with Gasteiger partial charge in [-0.2, -0.15) is 23.5 Å². The first kappa shape index (κ1) is 12.6. The maximum atomic E-state index is 12.5. The van der Waals surface area contributed by atoms with Crippen LogP contribution in [0.3, 0.4) is 0 Å². The maximum Gasteiger partial charge on any atom is 0.435 e. The van der Waals surface area contributed by atoms with Crippen LogP contribution in [0.25, 0.3) is 5.69 Å². The highest BCUT2D eigenvalue weighted by molar-refractivity contribution is 9.10. The van der Waals surface area contributed by atoms with Crippen LogP contribution in [0.2, 0.25) is 0 Å². The Bertz CT molecular complexity index is 608. The number of nitriles is 1. The Hall–Kier alpha value is -1.81. The van der Waals surface area contributed by atoms with E-state index in [1.165, 1.54) is 24.3 Å². The van der Waals surface area contributed by atoms with Gasteiger partial charge in [0.05, 0.1) is 17.3 Å². The molecular formula is C11H5BrF3N3. The summed E-state index contributed by atoms with van der Waals surface area (Å²) < 4.78 is 38.7. The van der Waals surface area contributed by atoms with Crippen LogP contribution >= 0.6 is 15.9 Å². The molecule has 0 amide bonds. The molecule has 0 saturated heterocycles. The van der Waals surface area contributed by atoms with E-state index in [2.05, 4.69) is 21.0 Å². The van der Waals surface area contributed by atoms with Crippen LogP contribution in [0, 0.1) is 11.3 Å². The van der Waals surface area contributed by atoms with E-state index in [-0.39, 0.29) is 4.60 Å². The quantitative estimate of drug-likeness (QED) is 0.808. The zero-order valence-electron chi connectivity index (χ0n) is 8.74. The van der Waals surface area contributed by atoms with E-state index in [0.29, 0.717) is 11.3 Å². The van der Waals surface area contributed by atoms with E-state index in [1.807, 2.05) is 6.07 Å². The smallest absolute Gasteiger partial charge is 0.226 e. The Balaban J connectivity index is 2.45. The normalized spacial score (nSPS) is 11.3. The zero-order chi connectivity index (χ0) is 13.3. The van der Waals surface area contributed by atoms with Crippen molar-refractivity contribution in [1.29, 1.82) is 5.26 Å². The second-order valence-electron chi connectivity index (χ2n) is 3.42. The van der Waals surface area contributed by atoms with Crippen molar-refractivity contribution in [2.24, 2.45) is 0 Å². The lowest BCUT2D eigenvalue weighted by Crippen LogP contribution is -2.07. The van der Waals surface area contributed by atoms with Gasteiger partial charge in [0.1, 0.15) is 4.60 Å². The van der Waals surface area contributed by atoms with Gasteiger partial charge in [-0.25, -0.2) is 4.68 Å². The van der Waals surface area contributed by atoms with Gasteiger partial charge in [0.2, 0.25) is 0 Å². The largest absolute Gasteiger partial charge is 0.435 e. The van der Waals surface area contributed by atoms with Gasteiger partial charge in [-0.3, -0.25) is 0 Å². The monoisotopic (exact) mass is 315 g/mol. The standard InChI is InChI=1S/C11H5BrF3N3/c12-10-5-9(11(13,14)15)17-18(10)8-3-1-7(6-16)2-4-8/h1-5H. The fourth-order valence-electron chi connectivity index (χ4n) is 1.36. The highest BCUT2D eigenvalue weighted by Crippen LogP contribution is 2.31. The highest BCUT2D eigenvalue weighted by atomic mass is 79.9. The van der Waals surface area contributed by atoms with Gasteiger partial charge in [0, 0.05) is 6.07 Å². The maximum absolute atomic E-state index is 12.5. The molecule has 0 radical (unpaired) electrons. The molecule has 2 rings (SSSR count). The molecule has 0 fully saturated rings. The fraction of sp³-hybridized carbons (Fsp3) is 0.0909. The number of benzene rings is 1. The predicted octanol–water partition coefficient (Wildman–Crippen LogP) is 3.53. The SMILES string of the molecule is N#Cc1ccc(-n2nc(C(F)(F)F)cc2Br)cc1. The van der Waals surface area contributed by atoms with Crippen molar-refractivity contribution in [1.82, 2.24) is 9.78 Å². The summed E-state index contributed by atoms with van der Waals surface area (Å²) in [5.41, 5.74) is -0.104. The van der Waals surface area contributed by atoms with Gasteiger partial charge in [-0.05, 0) is 40.2 Å². The van der Waals surface area contributed by atoms with Crippen molar-refractivity contribution in [3.05, 3.63) is 46.2 Å². The molecule has 1 aromatic carbocycles. The summed E-state index contributed by atoms with van der Waals surface area (Å²) in [5, 5.41) is 12.1. The summed E-state index contributed by atoms with van der Waals surface area (Å²) in [7, 11) is 0. The first-order chi connectivity index (χ1) is 8.41. The summed E-state index contributed by atoms with van der Waals surface area (Å²) in [6, 6.07) is 8.90.